The van der Waals surface area contributed by atoms with Gasteiger partial charge in [-0.3, -0.25) is 9.36 Å². The van der Waals surface area contributed by atoms with Gasteiger partial charge in [0.25, 0.3) is 5.91 Å². The fraction of sp³-hybridized carbons (Fsp3) is 0.429. The molecule has 0 spiro atoms. The zero-order valence-corrected chi connectivity index (χ0v) is 17.4. The minimum absolute atomic E-state index is 0.0587. The molecule has 1 aliphatic heterocycles. The number of unbranched alkanes of at least 4 members (excludes halogenated alkanes) is 1. The van der Waals surface area contributed by atoms with Crippen molar-refractivity contribution < 1.29 is 34.4 Å². The average molecular weight is 447 g/mol. The Kier molecular flexibility index (Phi) is 7.70. The standard InChI is InChI=1S/C21H25N3O8/c1-2-3-10-31-20(29)13-7-5-4-6-12(13)18(28)22-15-8-9-24(21(30)23-15)19-17(27)16(26)14(11-25)32-19/h4-9,14,16-17,19,25-27H,2-3,10-11H2,1H3,(H,22,23,28,30)/t14-,16-,17+,19-/m1/s1. The monoisotopic (exact) mass is 447 g/mol. The quantitative estimate of drug-likeness (QED) is 0.324. The number of rotatable bonds is 8. The van der Waals surface area contributed by atoms with Crippen LogP contribution >= 0.6 is 0 Å². The Morgan fingerprint density at radius 3 is 2.53 bits per heavy atom. The lowest BCUT2D eigenvalue weighted by molar-refractivity contribution is -0.0549. The van der Waals surface area contributed by atoms with Gasteiger partial charge in [-0.2, -0.15) is 4.98 Å². The van der Waals surface area contributed by atoms with E-state index in [1.807, 2.05) is 6.92 Å². The molecule has 1 fully saturated rings. The second-order valence-corrected chi connectivity index (χ2v) is 7.22. The number of aliphatic hydroxyl groups is 3. The summed E-state index contributed by atoms with van der Waals surface area (Å²) in [7, 11) is 0. The molecule has 1 amide bonds. The first-order chi connectivity index (χ1) is 15.4. The first-order valence-electron chi connectivity index (χ1n) is 10.2. The van der Waals surface area contributed by atoms with Crippen LogP contribution in [0.2, 0.25) is 0 Å². The van der Waals surface area contributed by atoms with Gasteiger partial charge in [0.15, 0.2) is 6.23 Å². The van der Waals surface area contributed by atoms with E-state index in [2.05, 4.69) is 10.3 Å². The first kappa shape index (κ1) is 23.5. The first-order valence-corrected chi connectivity index (χ1v) is 10.2. The zero-order valence-electron chi connectivity index (χ0n) is 17.4. The molecule has 0 bridgehead atoms. The van der Waals surface area contributed by atoms with Gasteiger partial charge in [0.2, 0.25) is 0 Å². The molecule has 2 heterocycles. The molecule has 2 aromatic rings. The summed E-state index contributed by atoms with van der Waals surface area (Å²) in [5.74, 6) is -1.38. The molecule has 0 saturated carbocycles. The Morgan fingerprint density at radius 2 is 1.91 bits per heavy atom. The van der Waals surface area contributed by atoms with E-state index in [9.17, 15) is 29.7 Å². The van der Waals surface area contributed by atoms with Gasteiger partial charge in [0, 0.05) is 6.20 Å². The number of benzene rings is 1. The van der Waals surface area contributed by atoms with Crippen LogP contribution in [0.1, 0.15) is 46.7 Å². The number of carbonyl (C=O) groups excluding carboxylic acids is 2. The number of anilines is 1. The summed E-state index contributed by atoms with van der Waals surface area (Å²) < 4.78 is 11.4. The molecule has 0 aliphatic carbocycles. The van der Waals surface area contributed by atoms with Crippen molar-refractivity contribution in [3.05, 3.63) is 58.1 Å². The Bertz CT molecular complexity index is 1020. The minimum atomic E-state index is -1.45. The van der Waals surface area contributed by atoms with Crippen molar-refractivity contribution in [1.29, 1.82) is 0 Å². The van der Waals surface area contributed by atoms with Crippen molar-refractivity contribution in [2.24, 2.45) is 0 Å². The van der Waals surface area contributed by atoms with Crippen LogP contribution in [-0.4, -0.2) is 68.3 Å². The maximum atomic E-state index is 12.7. The molecule has 11 nitrogen and oxygen atoms in total. The molecular formula is C21H25N3O8. The number of esters is 1. The van der Waals surface area contributed by atoms with Gasteiger partial charge in [-0.25, -0.2) is 9.59 Å². The highest BCUT2D eigenvalue weighted by Crippen LogP contribution is 2.28. The number of ether oxygens (including phenoxy) is 2. The molecule has 0 unspecified atom stereocenters. The number of hydrogen-bond donors (Lipinski definition) is 4. The van der Waals surface area contributed by atoms with Crippen molar-refractivity contribution >= 4 is 17.7 Å². The minimum Gasteiger partial charge on any atom is -0.462 e. The van der Waals surface area contributed by atoms with Crippen molar-refractivity contribution in [2.75, 3.05) is 18.5 Å². The SMILES string of the molecule is CCCCOC(=O)c1ccccc1C(=O)Nc1ccn([C@@H]2O[C@H](CO)[C@@H](O)[C@@H]2O)c(=O)n1. The third-order valence-corrected chi connectivity index (χ3v) is 4.99. The van der Waals surface area contributed by atoms with Gasteiger partial charge in [0.05, 0.1) is 24.3 Å². The number of carbonyl (C=O) groups is 2. The lowest BCUT2D eigenvalue weighted by Crippen LogP contribution is -2.36. The molecule has 4 N–H and O–H groups in total. The van der Waals surface area contributed by atoms with Crippen LogP contribution < -0.4 is 11.0 Å². The molecule has 11 heteroatoms. The third kappa shape index (κ3) is 5.02. The maximum absolute atomic E-state index is 12.7. The van der Waals surface area contributed by atoms with E-state index in [4.69, 9.17) is 9.47 Å². The Morgan fingerprint density at radius 1 is 1.19 bits per heavy atom. The number of aromatic nitrogens is 2. The summed E-state index contributed by atoms with van der Waals surface area (Å²) in [6.07, 6.45) is -2.32. The van der Waals surface area contributed by atoms with Crippen molar-refractivity contribution in [1.82, 2.24) is 9.55 Å². The van der Waals surface area contributed by atoms with E-state index in [1.54, 1.807) is 12.1 Å². The normalized spacial score (nSPS) is 22.5. The lowest BCUT2D eigenvalue weighted by atomic mass is 10.1. The molecule has 1 aromatic carbocycles. The van der Waals surface area contributed by atoms with Gasteiger partial charge in [-0.05, 0) is 24.6 Å². The highest BCUT2D eigenvalue weighted by molar-refractivity contribution is 6.10. The average Bonchev–Trinajstić information content (AvgIpc) is 3.07. The summed E-state index contributed by atoms with van der Waals surface area (Å²) >= 11 is 0. The fourth-order valence-corrected chi connectivity index (χ4v) is 3.22. The Hall–Kier alpha value is -3.12. The Balaban J connectivity index is 1.75. The van der Waals surface area contributed by atoms with Crippen LogP contribution in [0.4, 0.5) is 5.82 Å². The second-order valence-electron chi connectivity index (χ2n) is 7.22. The molecule has 3 rings (SSSR count). The summed E-state index contributed by atoms with van der Waals surface area (Å²) in [4.78, 5) is 41.2. The number of nitrogens with one attached hydrogen (secondary N) is 1. The Labute approximate surface area is 183 Å². The number of hydrogen-bond acceptors (Lipinski definition) is 9. The highest BCUT2D eigenvalue weighted by atomic mass is 16.6. The topological polar surface area (TPSA) is 160 Å². The van der Waals surface area contributed by atoms with E-state index < -0.39 is 48.7 Å². The number of nitrogens with zero attached hydrogens (tertiary/aromatic N) is 2. The van der Waals surface area contributed by atoms with Crippen LogP contribution in [0.3, 0.4) is 0 Å². The largest absolute Gasteiger partial charge is 0.462 e. The van der Waals surface area contributed by atoms with Crippen molar-refractivity contribution in [2.45, 2.75) is 44.3 Å². The molecule has 1 saturated heterocycles. The van der Waals surface area contributed by atoms with E-state index >= 15 is 0 Å². The van der Waals surface area contributed by atoms with Gasteiger partial charge in [-0.1, -0.05) is 25.5 Å². The van der Waals surface area contributed by atoms with Gasteiger partial charge >= 0.3 is 11.7 Å². The summed E-state index contributed by atoms with van der Waals surface area (Å²) in [5.41, 5.74) is -0.714. The van der Waals surface area contributed by atoms with E-state index in [-0.39, 0.29) is 23.6 Å². The summed E-state index contributed by atoms with van der Waals surface area (Å²) in [6.45, 7) is 1.67. The lowest BCUT2D eigenvalue weighted by Gasteiger charge is -2.17. The van der Waals surface area contributed by atoms with Crippen LogP contribution in [0.5, 0.6) is 0 Å². The smallest absolute Gasteiger partial charge is 0.351 e. The molecule has 1 aromatic heterocycles. The van der Waals surface area contributed by atoms with E-state index in [0.29, 0.717) is 6.42 Å². The van der Waals surface area contributed by atoms with Crippen LogP contribution in [0, 0.1) is 0 Å². The van der Waals surface area contributed by atoms with Gasteiger partial charge < -0.3 is 30.1 Å². The van der Waals surface area contributed by atoms with Crippen molar-refractivity contribution in [3.8, 4) is 0 Å². The maximum Gasteiger partial charge on any atom is 0.351 e. The molecule has 172 valence electrons. The van der Waals surface area contributed by atoms with Crippen LogP contribution in [-0.2, 0) is 9.47 Å². The number of aliphatic hydroxyl groups excluding tert-OH is 3. The molecule has 4 atom stereocenters. The molecular weight excluding hydrogens is 422 g/mol. The highest BCUT2D eigenvalue weighted by Gasteiger charge is 2.43. The van der Waals surface area contributed by atoms with Crippen LogP contribution in [0.15, 0.2) is 41.3 Å². The van der Waals surface area contributed by atoms with Crippen molar-refractivity contribution in [3.63, 3.8) is 0 Å². The summed E-state index contributed by atoms with van der Waals surface area (Å²) in [6, 6.07) is 7.41. The van der Waals surface area contributed by atoms with E-state index in [1.165, 1.54) is 24.4 Å². The summed E-state index contributed by atoms with van der Waals surface area (Å²) in [5, 5.41) is 31.6. The predicted molar refractivity (Wildman–Crippen MR) is 111 cm³/mol. The van der Waals surface area contributed by atoms with Gasteiger partial charge in [0.1, 0.15) is 24.1 Å². The third-order valence-electron chi connectivity index (χ3n) is 4.99. The molecule has 1 aliphatic rings. The van der Waals surface area contributed by atoms with Gasteiger partial charge in [-0.15, -0.1) is 0 Å². The zero-order chi connectivity index (χ0) is 23.3. The molecule has 0 radical (unpaired) electrons. The number of amides is 1. The predicted octanol–water partition coefficient (Wildman–Crippen LogP) is 0.0640. The second kappa shape index (κ2) is 10.5. The van der Waals surface area contributed by atoms with Crippen LogP contribution in [0.25, 0.3) is 0 Å². The van der Waals surface area contributed by atoms with E-state index in [0.717, 1.165) is 11.0 Å². The fourth-order valence-electron chi connectivity index (χ4n) is 3.22. The molecule has 32 heavy (non-hydrogen) atoms.